The zero-order valence-electron chi connectivity index (χ0n) is 9.79. The van der Waals surface area contributed by atoms with Crippen molar-refractivity contribution in [3.63, 3.8) is 0 Å². The summed E-state index contributed by atoms with van der Waals surface area (Å²) >= 11 is 5.57. The Hall–Kier alpha value is -0.720. The van der Waals surface area contributed by atoms with Crippen molar-refractivity contribution in [3.8, 4) is 0 Å². The van der Waals surface area contributed by atoms with Crippen LogP contribution in [0.3, 0.4) is 0 Å². The van der Waals surface area contributed by atoms with E-state index in [1.165, 1.54) is 18.8 Å². The van der Waals surface area contributed by atoms with Gasteiger partial charge in [-0.15, -0.1) is 0 Å². The van der Waals surface area contributed by atoms with E-state index < -0.39 is 10.0 Å². The lowest BCUT2D eigenvalue weighted by Gasteiger charge is -2.16. The van der Waals surface area contributed by atoms with Crippen molar-refractivity contribution in [2.45, 2.75) is 24.2 Å². The first-order valence-corrected chi connectivity index (χ1v) is 7.87. The smallest absolute Gasteiger partial charge is 0.225 e. The van der Waals surface area contributed by atoms with Gasteiger partial charge in [0.05, 0.1) is 12.4 Å². The van der Waals surface area contributed by atoms with E-state index >= 15 is 0 Å². The van der Waals surface area contributed by atoms with E-state index in [4.69, 9.17) is 11.6 Å². The average molecular weight is 288 g/mol. The topological polar surface area (TPSA) is 63.2 Å². The van der Waals surface area contributed by atoms with Gasteiger partial charge in [-0.05, 0) is 36.3 Å². The van der Waals surface area contributed by atoms with Crippen molar-refractivity contribution in [1.82, 2.24) is 14.3 Å². The van der Waals surface area contributed by atoms with Crippen LogP contribution in [0.4, 0.5) is 0 Å². The molecule has 7 heteroatoms. The Morgan fingerprint density at radius 1 is 1.17 bits per heavy atom. The molecule has 1 saturated heterocycles. The van der Waals surface area contributed by atoms with Gasteiger partial charge in [-0.1, -0.05) is 6.42 Å². The van der Waals surface area contributed by atoms with E-state index in [0.717, 1.165) is 12.8 Å². The Kier molecular flexibility index (Phi) is 3.03. The molecule has 98 valence electrons. The van der Waals surface area contributed by atoms with E-state index in [9.17, 15) is 8.42 Å². The summed E-state index contributed by atoms with van der Waals surface area (Å²) in [6.45, 7) is 1.27. The molecule has 18 heavy (non-hydrogen) atoms. The van der Waals surface area contributed by atoms with Crippen molar-refractivity contribution in [1.29, 1.82) is 0 Å². The maximum Gasteiger partial charge on any atom is 0.246 e. The first kappa shape index (κ1) is 12.3. The number of nitrogens with zero attached hydrogens (tertiary/aromatic N) is 3. The number of sulfonamides is 1. The average Bonchev–Trinajstić information content (AvgIpc) is 2.89. The summed E-state index contributed by atoms with van der Waals surface area (Å²) in [5.41, 5.74) is 0. The summed E-state index contributed by atoms with van der Waals surface area (Å²) < 4.78 is 26.3. The van der Waals surface area contributed by atoms with E-state index in [1.54, 1.807) is 4.31 Å². The fourth-order valence-electron chi connectivity index (χ4n) is 2.97. The van der Waals surface area contributed by atoms with Crippen LogP contribution in [0.1, 0.15) is 19.3 Å². The van der Waals surface area contributed by atoms with Crippen LogP contribution in [-0.4, -0.2) is 35.8 Å². The highest BCUT2D eigenvalue weighted by molar-refractivity contribution is 7.89. The highest BCUT2D eigenvalue weighted by Gasteiger charge is 2.41. The molecule has 1 saturated carbocycles. The number of aromatic nitrogens is 2. The molecule has 1 aromatic rings. The molecule has 1 aliphatic carbocycles. The monoisotopic (exact) mass is 287 g/mol. The van der Waals surface area contributed by atoms with Gasteiger partial charge < -0.3 is 0 Å². The maximum absolute atomic E-state index is 12.4. The number of fused-ring (bicyclic) bond motifs is 1. The summed E-state index contributed by atoms with van der Waals surface area (Å²) in [6.07, 6.45) is 6.08. The molecule has 0 N–H and O–H groups in total. The Balaban J connectivity index is 1.85. The highest BCUT2D eigenvalue weighted by atomic mass is 35.5. The van der Waals surface area contributed by atoms with Gasteiger partial charge in [0.25, 0.3) is 0 Å². The van der Waals surface area contributed by atoms with Gasteiger partial charge in [0.15, 0.2) is 0 Å². The van der Waals surface area contributed by atoms with Crippen LogP contribution in [0.15, 0.2) is 17.3 Å². The summed E-state index contributed by atoms with van der Waals surface area (Å²) in [5.74, 6) is 1.07. The van der Waals surface area contributed by atoms with E-state index in [0.29, 0.717) is 24.9 Å². The molecule has 3 rings (SSSR count). The molecule has 2 aliphatic rings. The fourth-order valence-corrected chi connectivity index (χ4v) is 4.51. The first-order chi connectivity index (χ1) is 8.57. The van der Waals surface area contributed by atoms with Crippen molar-refractivity contribution in [2.75, 3.05) is 13.1 Å². The molecular formula is C11H14ClN3O2S. The second-order valence-corrected chi connectivity index (χ2v) is 7.24. The molecule has 0 amide bonds. The van der Waals surface area contributed by atoms with Gasteiger partial charge >= 0.3 is 0 Å². The van der Waals surface area contributed by atoms with Crippen LogP contribution in [0.5, 0.6) is 0 Å². The molecule has 2 fully saturated rings. The van der Waals surface area contributed by atoms with Crippen LogP contribution >= 0.6 is 11.6 Å². The molecule has 1 aliphatic heterocycles. The first-order valence-electron chi connectivity index (χ1n) is 6.05. The third kappa shape index (κ3) is 2.02. The third-order valence-electron chi connectivity index (χ3n) is 3.93. The minimum atomic E-state index is -3.45. The van der Waals surface area contributed by atoms with Gasteiger partial charge in [0.1, 0.15) is 4.90 Å². The van der Waals surface area contributed by atoms with Crippen molar-refractivity contribution in [3.05, 3.63) is 17.7 Å². The number of halogens is 1. The van der Waals surface area contributed by atoms with Gasteiger partial charge in [0.2, 0.25) is 15.3 Å². The Labute approximate surface area is 111 Å². The lowest BCUT2D eigenvalue weighted by molar-refractivity contribution is 0.445. The Morgan fingerprint density at radius 2 is 1.72 bits per heavy atom. The van der Waals surface area contributed by atoms with Crippen LogP contribution in [-0.2, 0) is 10.0 Å². The molecule has 2 atom stereocenters. The molecular weight excluding hydrogens is 274 g/mol. The molecule has 1 aromatic heterocycles. The molecule has 2 unspecified atom stereocenters. The standard InChI is InChI=1S/C11H14ClN3O2S/c12-11-13-4-10(5-14-11)18(16,17)15-6-8-2-1-3-9(8)7-15/h4-5,8-9H,1-3,6-7H2. The summed E-state index contributed by atoms with van der Waals surface area (Å²) in [5, 5.41) is 0.0623. The van der Waals surface area contributed by atoms with Gasteiger partial charge in [0, 0.05) is 13.1 Å². The fraction of sp³-hybridized carbons (Fsp3) is 0.636. The van der Waals surface area contributed by atoms with Crippen molar-refractivity contribution in [2.24, 2.45) is 11.8 Å². The van der Waals surface area contributed by atoms with Crippen LogP contribution in [0, 0.1) is 11.8 Å². The van der Waals surface area contributed by atoms with Crippen molar-refractivity contribution < 1.29 is 8.42 Å². The maximum atomic E-state index is 12.4. The predicted octanol–water partition coefficient (Wildman–Crippen LogP) is 1.55. The predicted molar refractivity (Wildman–Crippen MR) is 66.6 cm³/mol. The third-order valence-corrected chi connectivity index (χ3v) is 5.91. The van der Waals surface area contributed by atoms with Crippen LogP contribution in [0.2, 0.25) is 5.28 Å². The molecule has 0 spiro atoms. The molecule has 5 nitrogen and oxygen atoms in total. The van der Waals surface area contributed by atoms with E-state index in [1.807, 2.05) is 0 Å². The minimum absolute atomic E-state index is 0.0623. The van der Waals surface area contributed by atoms with Crippen molar-refractivity contribution >= 4 is 21.6 Å². The normalized spacial score (nSPS) is 28.5. The van der Waals surface area contributed by atoms with Crippen LogP contribution < -0.4 is 0 Å². The molecule has 0 bridgehead atoms. The summed E-state index contributed by atoms with van der Waals surface area (Å²) in [6, 6.07) is 0. The van der Waals surface area contributed by atoms with E-state index in [2.05, 4.69) is 9.97 Å². The van der Waals surface area contributed by atoms with Gasteiger partial charge in [-0.25, -0.2) is 18.4 Å². The minimum Gasteiger partial charge on any atom is -0.225 e. The molecule has 2 heterocycles. The highest BCUT2D eigenvalue weighted by Crippen LogP contribution is 2.39. The molecule has 0 radical (unpaired) electrons. The summed E-state index contributed by atoms with van der Waals surface area (Å²) in [4.78, 5) is 7.61. The zero-order valence-corrected chi connectivity index (χ0v) is 11.4. The number of hydrogen-bond acceptors (Lipinski definition) is 4. The molecule has 0 aromatic carbocycles. The Bertz CT molecular complexity index is 534. The largest absolute Gasteiger partial charge is 0.246 e. The Morgan fingerprint density at radius 3 is 2.28 bits per heavy atom. The number of hydrogen-bond donors (Lipinski definition) is 0. The lowest BCUT2D eigenvalue weighted by atomic mass is 10.0. The van der Waals surface area contributed by atoms with Crippen LogP contribution in [0.25, 0.3) is 0 Å². The lowest BCUT2D eigenvalue weighted by Crippen LogP contribution is -2.29. The summed E-state index contributed by atoms with van der Waals surface area (Å²) in [7, 11) is -3.45. The second-order valence-electron chi connectivity index (χ2n) is 4.96. The second kappa shape index (κ2) is 4.43. The quantitative estimate of drug-likeness (QED) is 0.774. The number of rotatable bonds is 2. The van der Waals surface area contributed by atoms with E-state index in [-0.39, 0.29) is 10.2 Å². The van der Waals surface area contributed by atoms with Gasteiger partial charge in [-0.3, -0.25) is 0 Å². The SMILES string of the molecule is O=S(=O)(c1cnc(Cl)nc1)N1CC2CCCC2C1. The van der Waals surface area contributed by atoms with Gasteiger partial charge in [-0.2, -0.15) is 4.31 Å². The zero-order chi connectivity index (χ0) is 12.8.